The van der Waals surface area contributed by atoms with Crippen molar-refractivity contribution in [3.63, 3.8) is 0 Å². The van der Waals surface area contributed by atoms with Gasteiger partial charge in [0.2, 0.25) is 5.91 Å². The Balaban J connectivity index is 1.48. The number of aromatic nitrogens is 2. The summed E-state index contributed by atoms with van der Waals surface area (Å²) in [5.41, 5.74) is 4.19. The molecule has 0 saturated heterocycles. The molecule has 0 bridgehead atoms. The number of carbonyl (C=O) groups excluding carboxylic acids is 1. The molecule has 5 heteroatoms. The van der Waals surface area contributed by atoms with Crippen molar-refractivity contribution in [2.75, 3.05) is 0 Å². The van der Waals surface area contributed by atoms with Crippen molar-refractivity contribution in [3.05, 3.63) is 82.7 Å². The molecule has 0 unspecified atom stereocenters. The summed E-state index contributed by atoms with van der Waals surface area (Å²) in [6, 6.07) is 11.4. The van der Waals surface area contributed by atoms with E-state index in [1.807, 2.05) is 13.0 Å². The summed E-state index contributed by atoms with van der Waals surface area (Å²) >= 11 is 0. The maximum Gasteiger partial charge on any atom is 0.230 e. The molecular formula is C23H24FN3O. The molecule has 1 amide bonds. The number of aryl methyl sites for hydroxylation is 3. The molecule has 2 aromatic carbocycles. The molecule has 28 heavy (non-hydrogen) atoms. The second-order valence-corrected chi connectivity index (χ2v) is 7.77. The number of amides is 1. The lowest BCUT2D eigenvalue weighted by Crippen LogP contribution is -2.34. The van der Waals surface area contributed by atoms with E-state index in [9.17, 15) is 9.18 Å². The number of imidazole rings is 1. The molecule has 3 aromatic rings. The van der Waals surface area contributed by atoms with Crippen LogP contribution in [0.4, 0.5) is 4.39 Å². The maximum absolute atomic E-state index is 14.6. The van der Waals surface area contributed by atoms with E-state index >= 15 is 0 Å². The second-order valence-electron chi connectivity index (χ2n) is 7.77. The summed E-state index contributed by atoms with van der Waals surface area (Å²) in [6.45, 7) is 6.24. The van der Waals surface area contributed by atoms with Crippen molar-refractivity contribution in [2.24, 2.45) is 0 Å². The first-order valence-corrected chi connectivity index (χ1v) is 9.55. The molecule has 4 rings (SSSR count). The summed E-state index contributed by atoms with van der Waals surface area (Å²) < 4.78 is 16.3. The fraction of sp³-hybridized carbons (Fsp3) is 0.304. The van der Waals surface area contributed by atoms with Gasteiger partial charge < -0.3 is 9.88 Å². The first-order valence-electron chi connectivity index (χ1n) is 9.55. The van der Waals surface area contributed by atoms with Gasteiger partial charge in [-0.1, -0.05) is 35.4 Å². The Kier molecular flexibility index (Phi) is 4.53. The van der Waals surface area contributed by atoms with Crippen LogP contribution in [-0.2, 0) is 16.8 Å². The van der Waals surface area contributed by atoms with Gasteiger partial charge in [-0.25, -0.2) is 9.37 Å². The standard InChI is InChI=1S/C23H24FN3O/c1-15-10-16(2)12-19(11-15)23(6-7-23)22(28)26-14-18-4-5-21(20(24)13-18)27-9-8-25-17(27)3/h4-5,8-13H,6-7,14H2,1-3H3,(H,26,28). The first-order chi connectivity index (χ1) is 13.4. The fourth-order valence-electron chi connectivity index (χ4n) is 3.86. The Hall–Kier alpha value is -2.95. The molecule has 1 heterocycles. The molecule has 1 N–H and O–H groups in total. The van der Waals surface area contributed by atoms with Gasteiger partial charge in [0.25, 0.3) is 0 Å². The highest BCUT2D eigenvalue weighted by atomic mass is 19.1. The van der Waals surface area contributed by atoms with E-state index in [0.29, 0.717) is 12.2 Å². The van der Waals surface area contributed by atoms with Crippen molar-refractivity contribution in [3.8, 4) is 5.69 Å². The van der Waals surface area contributed by atoms with Crippen LogP contribution in [-0.4, -0.2) is 15.5 Å². The summed E-state index contributed by atoms with van der Waals surface area (Å²) in [5.74, 6) is 0.416. The average molecular weight is 377 g/mol. The molecule has 144 valence electrons. The summed E-state index contributed by atoms with van der Waals surface area (Å²) in [4.78, 5) is 17.0. The van der Waals surface area contributed by atoms with Gasteiger partial charge in [0.15, 0.2) is 0 Å². The van der Waals surface area contributed by atoms with Crippen molar-refractivity contribution in [1.82, 2.24) is 14.9 Å². The summed E-state index contributed by atoms with van der Waals surface area (Å²) in [6.07, 6.45) is 5.09. The number of nitrogens with one attached hydrogen (secondary N) is 1. The number of benzene rings is 2. The van der Waals surface area contributed by atoms with E-state index in [1.54, 1.807) is 23.0 Å². The smallest absolute Gasteiger partial charge is 0.230 e. The van der Waals surface area contributed by atoms with E-state index in [2.05, 4.69) is 42.3 Å². The quantitative estimate of drug-likeness (QED) is 0.721. The Morgan fingerprint density at radius 1 is 1.14 bits per heavy atom. The van der Waals surface area contributed by atoms with Gasteiger partial charge in [-0.2, -0.15) is 0 Å². The van der Waals surface area contributed by atoms with Crippen molar-refractivity contribution < 1.29 is 9.18 Å². The van der Waals surface area contributed by atoms with Crippen molar-refractivity contribution >= 4 is 5.91 Å². The van der Waals surface area contributed by atoms with Crippen LogP contribution in [0.5, 0.6) is 0 Å². The lowest BCUT2D eigenvalue weighted by atomic mass is 9.92. The Bertz CT molecular complexity index is 1030. The highest BCUT2D eigenvalue weighted by Gasteiger charge is 2.51. The molecule has 1 aromatic heterocycles. The summed E-state index contributed by atoms with van der Waals surface area (Å²) in [5, 5.41) is 3.01. The van der Waals surface area contributed by atoms with Crippen LogP contribution < -0.4 is 5.32 Å². The largest absolute Gasteiger partial charge is 0.351 e. The third-order valence-corrected chi connectivity index (χ3v) is 5.51. The van der Waals surface area contributed by atoms with Gasteiger partial charge in [0, 0.05) is 18.9 Å². The minimum atomic E-state index is -0.427. The molecule has 0 spiro atoms. The Morgan fingerprint density at radius 2 is 1.86 bits per heavy atom. The lowest BCUT2D eigenvalue weighted by molar-refractivity contribution is -0.123. The molecule has 1 aliphatic rings. The van der Waals surface area contributed by atoms with E-state index in [0.717, 1.165) is 29.8 Å². The Labute approximate surface area is 164 Å². The number of rotatable bonds is 5. The number of hydrogen-bond donors (Lipinski definition) is 1. The topological polar surface area (TPSA) is 46.9 Å². The minimum Gasteiger partial charge on any atom is -0.351 e. The van der Waals surface area contributed by atoms with Crippen LogP contribution in [0.25, 0.3) is 5.69 Å². The number of halogens is 1. The molecule has 1 fully saturated rings. The van der Waals surface area contributed by atoms with Crippen molar-refractivity contribution in [1.29, 1.82) is 0 Å². The molecular weight excluding hydrogens is 353 g/mol. The number of carbonyl (C=O) groups is 1. The molecule has 1 aliphatic carbocycles. The van der Waals surface area contributed by atoms with E-state index in [1.165, 1.54) is 17.2 Å². The molecule has 4 nitrogen and oxygen atoms in total. The third-order valence-electron chi connectivity index (χ3n) is 5.51. The van der Waals surface area contributed by atoms with Gasteiger partial charge in [-0.3, -0.25) is 4.79 Å². The monoisotopic (exact) mass is 377 g/mol. The van der Waals surface area contributed by atoms with Crippen LogP contribution in [0.2, 0.25) is 0 Å². The average Bonchev–Trinajstić information content (AvgIpc) is 3.36. The predicted octanol–water partition coefficient (Wildman–Crippen LogP) is 4.28. The highest BCUT2D eigenvalue weighted by Crippen LogP contribution is 2.48. The second kappa shape index (κ2) is 6.89. The van der Waals surface area contributed by atoms with Gasteiger partial charge in [0.1, 0.15) is 11.6 Å². The normalized spacial score (nSPS) is 14.7. The van der Waals surface area contributed by atoms with Gasteiger partial charge in [0.05, 0.1) is 11.1 Å². The minimum absolute atomic E-state index is 0.0208. The van der Waals surface area contributed by atoms with E-state index in [-0.39, 0.29) is 11.7 Å². The van der Waals surface area contributed by atoms with Crippen LogP contribution in [0.15, 0.2) is 48.8 Å². The van der Waals surface area contributed by atoms with Crippen molar-refractivity contribution in [2.45, 2.75) is 45.6 Å². The van der Waals surface area contributed by atoms with E-state index in [4.69, 9.17) is 0 Å². The van der Waals surface area contributed by atoms with Gasteiger partial charge >= 0.3 is 0 Å². The first kappa shape index (κ1) is 18.4. The summed E-state index contributed by atoms with van der Waals surface area (Å²) in [7, 11) is 0. The molecule has 1 saturated carbocycles. The zero-order valence-electron chi connectivity index (χ0n) is 16.4. The zero-order valence-corrected chi connectivity index (χ0v) is 16.4. The molecule has 0 aliphatic heterocycles. The third kappa shape index (κ3) is 3.33. The van der Waals surface area contributed by atoms with E-state index < -0.39 is 5.41 Å². The van der Waals surface area contributed by atoms with Crippen LogP contribution in [0.1, 0.15) is 40.9 Å². The zero-order chi connectivity index (χ0) is 19.9. The predicted molar refractivity (Wildman–Crippen MR) is 107 cm³/mol. The van der Waals surface area contributed by atoms with Crippen LogP contribution in [0.3, 0.4) is 0 Å². The fourth-order valence-corrected chi connectivity index (χ4v) is 3.86. The Morgan fingerprint density at radius 3 is 2.43 bits per heavy atom. The number of hydrogen-bond acceptors (Lipinski definition) is 2. The molecule has 0 atom stereocenters. The van der Waals surface area contributed by atoms with Crippen LogP contribution in [0, 0.1) is 26.6 Å². The van der Waals surface area contributed by atoms with Crippen LogP contribution >= 0.6 is 0 Å². The lowest BCUT2D eigenvalue weighted by Gasteiger charge is -2.17. The number of nitrogens with zero attached hydrogens (tertiary/aromatic N) is 2. The van der Waals surface area contributed by atoms with Gasteiger partial charge in [-0.05, 0) is 56.9 Å². The highest BCUT2D eigenvalue weighted by molar-refractivity contribution is 5.91. The molecule has 0 radical (unpaired) electrons. The van der Waals surface area contributed by atoms with Gasteiger partial charge in [-0.15, -0.1) is 0 Å². The maximum atomic E-state index is 14.6. The SMILES string of the molecule is Cc1cc(C)cc(C2(C(=O)NCc3ccc(-n4ccnc4C)c(F)c3)CC2)c1.